The highest BCUT2D eigenvalue weighted by Crippen LogP contribution is 2.22. The van der Waals surface area contributed by atoms with Gasteiger partial charge >= 0.3 is 0 Å². The van der Waals surface area contributed by atoms with E-state index in [1.165, 1.54) is 5.56 Å². The van der Waals surface area contributed by atoms with Gasteiger partial charge in [0.1, 0.15) is 5.65 Å². The van der Waals surface area contributed by atoms with Crippen LogP contribution in [0.3, 0.4) is 0 Å². The number of hydrazone groups is 1. The average molecular weight is 345 g/mol. The van der Waals surface area contributed by atoms with Crippen molar-refractivity contribution in [1.29, 1.82) is 0 Å². The Bertz CT molecular complexity index is 1030. The third kappa shape index (κ3) is 2.97. The van der Waals surface area contributed by atoms with E-state index in [1.807, 2.05) is 36.5 Å². The maximum absolute atomic E-state index is 12.2. The summed E-state index contributed by atoms with van der Waals surface area (Å²) in [6, 6.07) is 12.0. The van der Waals surface area contributed by atoms with E-state index in [0.717, 1.165) is 22.3 Å². The molecule has 6 heteroatoms. The maximum atomic E-state index is 12.2. The van der Waals surface area contributed by atoms with E-state index in [9.17, 15) is 4.79 Å². The molecule has 1 aliphatic rings. The lowest BCUT2D eigenvalue weighted by Crippen LogP contribution is -2.17. The normalized spacial score (nSPS) is 15.6. The van der Waals surface area contributed by atoms with E-state index in [2.05, 4.69) is 51.8 Å². The second kappa shape index (κ2) is 6.48. The molecule has 0 spiro atoms. The van der Waals surface area contributed by atoms with Crippen LogP contribution in [0.1, 0.15) is 30.9 Å². The molecule has 0 radical (unpaired) electrons. The highest BCUT2D eigenvalue weighted by molar-refractivity contribution is 6.30. The summed E-state index contributed by atoms with van der Waals surface area (Å²) in [6.07, 6.45) is 5.38. The van der Waals surface area contributed by atoms with Crippen LogP contribution < -0.4 is 10.7 Å². The van der Waals surface area contributed by atoms with Crippen LogP contribution in [0, 0.1) is 0 Å². The number of H-pyrrole nitrogens is 1. The highest BCUT2D eigenvalue weighted by atomic mass is 16.2. The molecule has 3 N–H and O–H groups in total. The Morgan fingerprint density at radius 3 is 2.73 bits per heavy atom. The quantitative estimate of drug-likeness (QED) is 0.634. The van der Waals surface area contributed by atoms with E-state index in [-0.39, 0.29) is 5.91 Å². The molecule has 0 unspecified atom stereocenters. The Balaban J connectivity index is 1.63. The summed E-state index contributed by atoms with van der Waals surface area (Å²) in [7, 11) is 0. The SMILES string of the molecule is CC(C)c1ccc(NC2=NNC(=O)/C2=C\c2c[nH]c3ncccc23)cc1. The molecule has 130 valence electrons. The van der Waals surface area contributed by atoms with Crippen LogP contribution in [0.2, 0.25) is 0 Å². The largest absolute Gasteiger partial charge is 0.346 e. The Morgan fingerprint density at radius 1 is 1.15 bits per heavy atom. The zero-order valence-corrected chi connectivity index (χ0v) is 14.6. The lowest BCUT2D eigenvalue weighted by Gasteiger charge is -2.09. The van der Waals surface area contributed by atoms with Crippen LogP contribution in [-0.4, -0.2) is 21.7 Å². The molecular weight excluding hydrogens is 326 g/mol. The molecule has 1 aromatic carbocycles. The third-order valence-electron chi connectivity index (χ3n) is 4.39. The minimum absolute atomic E-state index is 0.232. The lowest BCUT2D eigenvalue weighted by molar-refractivity contribution is -0.116. The fraction of sp³-hybridized carbons (Fsp3) is 0.150. The zero-order valence-electron chi connectivity index (χ0n) is 14.6. The first-order valence-electron chi connectivity index (χ1n) is 8.51. The number of nitrogens with zero attached hydrogens (tertiary/aromatic N) is 2. The fourth-order valence-electron chi connectivity index (χ4n) is 2.90. The van der Waals surface area contributed by atoms with Gasteiger partial charge in [-0.05, 0) is 41.8 Å². The van der Waals surface area contributed by atoms with Crippen molar-refractivity contribution in [1.82, 2.24) is 15.4 Å². The average Bonchev–Trinajstić information content (AvgIpc) is 3.21. The molecular formula is C20H19N5O. The monoisotopic (exact) mass is 345 g/mol. The van der Waals surface area contributed by atoms with Gasteiger partial charge < -0.3 is 10.3 Å². The molecule has 0 atom stereocenters. The first kappa shape index (κ1) is 16.1. The predicted octanol–water partition coefficient (Wildman–Crippen LogP) is 3.63. The van der Waals surface area contributed by atoms with Gasteiger partial charge in [0.2, 0.25) is 0 Å². The number of aromatic amines is 1. The number of rotatable bonds is 3. The number of anilines is 1. The number of fused-ring (bicyclic) bond motifs is 1. The van der Waals surface area contributed by atoms with Gasteiger partial charge in [0, 0.05) is 29.0 Å². The summed E-state index contributed by atoms with van der Waals surface area (Å²) in [5.74, 6) is 0.747. The number of amides is 1. The van der Waals surface area contributed by atoms with Crippen molar-refractivity contribution >= 4 is 34.5 Å². The van der Waals surface area contributed by atoms with Crippen molar-refractivity contribution in [2.45, 2.75) is 19.8 Å². The standard InChI is InChI=1S/C20H19N5O/c1-12(2)13-5-7-15(8-6-13)23-19-17(20(26)25-24-19)10-14-11-22-18-16(14)4-3-9-21-18/h3-12H,1-2H3,(H,21,22)(H,23,24)(H,25,26)/b17-10-. The smallest absolute Gasteiger partial charge is 0.275 e. The number of benzene rings is 1. The Labute approximate surface area is 151 Å². The first-order valence-corrected chi connectivity index (χ1v) is 8.51. The van der Waals surface area contributed by atoms with Gasteiger partial charge in [-0.1, -0.05) is 26.0 Å². The topological polar surface area (TPSA) is 82.2 Å². The van der Waals surface area contributed by atoms with Gasteiger partial charge in [0.05, 0.1) is 5.57 Å². The second-order valence-electron chi connectivity index (χ2n) is 6.50. The second-order valence-corrected chi connectivity index (χ2v) is 6.50. The first-order chi connectivity index (χ1) is 12.6. The molecule has 0 aliphatic carbocycles. The number of carbonyl (C=O) groups is 1. The number of nitrogens with one attached hydrogen (secondary N) is 3. The van der Waals surface area contributed by atoms with Crippen molar-refractivity contribution < 1.29 is 4.79 Å². The number of hydrogen-bond donors (Lipinski definition) is 3. The van der Waals surface area contributed by atoms with Crippen molar-refractivity contribution in [2.24, 2.45) is 5.10 Å². The molecule has 2 aromatic heterocycles. The lowest BCUT2D eigenvalue weighted by atomic mass is 10.0. The van der Waals surface area contributed by atoms with Crippen molar-refractivity contribution in [3.63, 3.8) is 0 Å². The summed E-state index contributed by atoms with van der Waals surface area (Å²) in [6.45, 7) is 4.31. The van der Waals surface area contributed by atoms with E-state index in [4.69, 9.17) is 0 Å². The third-order valence-corrected chi connectivity index (χ3v) is 4.39. The molecule has 1 aliphatic heterocycles. The van der Waals surface area contributed by atoms with Crippen LogP contribution in [0.5, 0.6) is 0 Å². The minimum atomic E-state index is -0.232. The number of carbonyl (C=O) groups excluding carboxylic acids is 1. The van der Waals surface area contributed by atoms with Crippen LogP contribution in [0.15, 0.2) is 59.5 Å². The zero-order chi connectivity index (χ0) is 18.1. The van der Waals surface area contributed by atoms with Crippen LogP contribution in [0.4, 0.5) is 5.69 Å². The van der Waals surface area contributed by atoms with Crippen molar-refractivity contribution in [2.75, 3.05) is 5.32 Å². The molecule has 3 aromatic rings. The van der Waals surface area contributed by atoms with Gasteiger partial charge in [-0.25, -0.2) is 10.4 Å². The molecule has 0 fully saturated rings. The molecule has 0 saturated carbocycles. The Morgan fingerprint density at radius 2 is 1.96 bits per heavy atom. The number of aromatic nitrogens is 2. The summed E-state index contributed by atoms with van der Waals surface area (Å²) in [5.41, 5.74) is 6.84. The molecule has 1 amide bonds. The molecule has 26 heavy (non-hydrogen) atoms. The summed E-state index contributed by atoms with van der Waals surface area (Å²) in [5, 5.41) is 8.30. The Kier molecular flexibility index (Phi) is 4.01. The Hall–Kier alpha value is -3.41. The van der Waals surface area contributed by atoms with E-state index < -0.39 is 0 Å². The molecule has 0 saturated heterocycles. The van der Waals surface area contributed by atoms with Gasteiger partial charge in [-0.3, -0.25) is 4.79 Å². The fourth-order valence-corrected chi connectivity index (χ4v) is 2.90. The molecule has 4 rings (SSSR count). The minimum Gasteiger partial charge on any atom is -0.346 e. The van der Waals surface area contributed by atoms with Crippen LogP contribution >= 0.6 is 0 Å². The molecule has 3 heterocycles. The van der Waals surface area contributed by atoms with Crippen molar-refractivity contribution in [3.05, 3.63) is 65.5 Å². The van der Waals surface area contributed by atoms with E-state index in [1.54, 1.807) is 6.20 Å². The summed E-state index contributed by atoms with van der Waals surface area (Å²) < 4.78 is 0. The maximum Gasteiger partial charge on any atom is 0.275 e. The van der Waals surface area contributed by atoms with Crippen LogP contribution in [0.25, 0.3) is 17.1 Å². The van der Waals surface area contributed by atoms with E-state index >= 15 is 0 Å². The van der Waals surface area contributed by atoms with Gasteiger partial charge in [-0.15, -0.1) is 0 Å². The van der Waals surface area contributed by atoms with Gasteiger partial charge in [0.25, 0.3) is 5.91 Å². The number of pyridine rings is 1. The molecule has 6 nitrogen and oxygen atoms in total. The van der Waals surface area contributed by atoms with E-state index in [0.29, 0.717) is 17.3 Å². The summed E-state index contributed by atoms with van der Waals surface area (Å²) in [4.78, 5) is 19.6. The van der Waals surface area contributed by atoms with Crippen LogP contribution in [-0.2, 0) is 4.79 Å². The number of amidine groups is 1. The van der Waals surface area contributed by atoms with Gasteiger partial charge in [0.15, 0.2) is 5.84 Å². The number of hydrogen-bond acceptors (Lipinski definition) is 4. The molecule has 0 bridgehead atoms. The predicted molar refractivity (Wildman–Crippen MR) is 104 cm³/mol. The van der Waals surface area contributed by atoms with Gasteiger partial charge in [-0.2, -0.15) is 5.10 Å². The summed E-state index contributed by atoms with van der Waals surface area (Å²) >= 11 is 0. The highest BCUT2D eigenvalue weighted by Gasteiger charge is 2.23. The van der Waals surface area contributed by atoms with Crippen molar-refractivity contribution in [3.8, 4) is 0 Å².